The molecule has 1 aliphatic carbocycles. The molecule has 9 heteroatoms. The summed E-state index contributed by atoms with van der Waals surface area (Å²) in [5.74, 6) is -10.2. The van der Waals surface area contributed by atoms with Crippen LogP contribution in [0.25, 0.3) is 5.76 Å². The molecule has 2 rings (SSSR count). The van der Waals surface area contributed by atoms with Crippen LogP contribution < -0.4 is 0 Å². The number of ether oxygens (including phenoxy) is 1. The number of aliphatic hydroxyl groups excluding tert-OH is 2. The van der Waals surface area contributed by atoms with Crippen LogP contribution in [-0.2, 0) is 9.53 Å². The molecule has 1 aromatic carbocycles. The van der Waals surface area contributed by atoms with Gasteiger partial charge in [-0.05, 0) is 32.3 Å². The summed E-state index contributed by atoms with van der Waals surface area (Å²) >= 11 is 0. The first-order valence-electron chi connectivity index (χ1n) is 8.78. The van der Waals surface area contributed by atoms with Gasteiger partial charge in [-0.1, -0.05) is 6.92 Å². The van der Waals surface area contributed by atoms with Crippen molar-refractivity contribution in [3.63, 3.8) is 0 Å². The third-order valence-electron chi connectivity index (χ3n) is 4.97. The average Bonchev–Trinajstić information content (AvgIpc) is 2.64. The molecule has 2 N–H and O–H groups in total. The normalized spacial score (nSPS) is 17.8. The lowest BCUT2D eigenvalue weighted by Gasteiger charge is -2.42. The Labute approximate surface area is 159 Å². The quantitative estimate of drug-likeness (QED) is 0.138. The minimum atomic E-state index is -2.12. The van der Waals surface area contributed by atoms with Crippen molar-refractivity contribution in [2.75, 3.05) is 13.2 Å². The number of aliphatic imine (C=N–C) groups is 1. The second-order valence-electron chi connectivity index (χ2n) is 6.63. The summed E-state index contributed by atoms with van der Waals surface area (Å²) in [7, 11) is 0. The van der Waals surface area contributed by atoms with Crippen LogP contribution in [0, 0.1) is 29.2 Å². The fourth-order valence-corrected chi connectivity index (χ4v) is 2.96. The highest BCUT2D eigenvalue weighted by molar-refractivity contribution is 6.15. The summed E-state index contributed by atoms with van der Waals surface area (Å²) in [6, 6.07) is 0.242. The van der Waals surface area contributed by atoms with E-state index in [9.17, 15) is 32.6 Å². The van der Waals surface area contributed by atoms with Gasteiger partial charge in [-0.3, -0.25) is 4.99 Å². The summed E-state index contributed by atoms with van der Waals surface area (Å²) < 4.78 is 59.0. The van der Waals surface area contributed by atoms with Gasteiger partial charge in [-0.2, -0.15) is 0 Å². The van der Waals surface area contributed by atoms with Crippen molar-refractivity contribution < 1.29 is 37.3 Å². The van der Waals surface area contributed by atoms with Crippen molar-refractivity contribution in [3.8, 4) is 0 Å². The van der Waals surface area contributed by atoms with E-state index in [4.69, 9.17) is 4.74 Å². The number of carbonyl (C=O) groups excluding carboxylic acids is 1. The van der Waals surface area contributed by atoms with Crippen molar-refractivity contribution in [2.24, 2.45) is 10.9 Å². The van der Waals surface area contributed by atoms with Crippen LogP contribution in [0.3, 0.4) is 0 Å². The molecular formula is C19H21F4NO4. The molecule has 0 amide bonds. The molecule has 0 aliphatic heterocycles. The lowest BCUT2D eigenvalue weighted by atomic mass is 9.69. The number of carbonyl (C=O) groups is 1. The Morgan fingerprint density at radius 2 is 1.93 bits per heavy atom. The third kappa shape index (κ3) is 4.04. The fraction of sp³-hybridized carbons (Fsp3) is 0.474. The van der Waals surface area contributed by atoms with Gasteiger partial charge in [0.15, 0.2) is 23.3 Å². The van der Waals surface area contributed by atoms with Gasteiger partial charge in [0.2, 0.25) is 0 Å². The standard InChI is InChI=1S/C19H21F4NO4/c1-3-28-18(27)12(8-24-19(5-4-6-19)10(2)9-25)17(26)11-7-13(20)15(22)16(23)14(11)21/h7-8,10,25-26H,3-6,9H2,1-2H3. The van der Waals surface area contributed by atoms with E-state index in [1.165, 1.54) is 6.92 Å². The second-order valence-corrected chi connectivity index (χ2v) is 6.63. The highest BCUT2D eigenvalue weighted by Gasteiger charge is 2.41. The van der Waals surface area contributed by atoms with Crippen LogP contribution in [0.4, 0.5) is 17.6 Å². The molecule has 1 atom stereocenters. The molecule has 154 valence electrons. The van der Waals surface area contributed by atoms with Crippen LogP contribution in [-0.4, -0.2) is 41.1 Å². The first-order chi connectivity index (χ1) is 13.2. The fourth-order valence-electron chi connectivity index (χ4n) is 2.96. The van der Waals surface area contributed by atoms with E-state index in [1.54, 1.807) is 6.92 Å². The maximum absolute atomic E-state index is 14.0. The molecule has 0 bridgehead atoms. The molecule has 1 unspecified atom stereocenters. The van der Waals surface area contributed by atoms with Crippen LogP contribution in [0.2, 0.25) is 0 Å². The predicted octanol–water partition coefficient (Wildman–Crippen LogP) is 3.70. The third-order valence-corrected chi connectivity index (χ3v) is 4.97. The Morgan fingerprint density at radius 3 is 2.43 bits per heavy atom. The number of hydrogen-bond donors (Lipinski definition) is 2. The molecule has 5 nitrogen and oxygen atoms in total. The van der Waals surface area contributed by atoms with Gasteiger partial charge >= 0.3 is 5.97 Å². The number of aliphatic hydroxyl groups is 2. The van der Waals surface area contributed by atoms with E-state index in [2.05, 4.69) is 4.99 Å². The van der Waals surface area contributed by atoms with E-state index in [0.717, 1.165) is 12.6 Å². The van der Waals surface area contributed by atoms with Crippen molar-refractivity contribution in [1.29, 1.82) is 0 Å². The van der Waals surface area contributed by atoms with Gasteiger partial charge in [0.05, 0.1) is 17.7 Å². The Morgan fingerprint density at radius 1 is 1.29 bits per heavy atom. The topological polar surface area (TPSA) is 79.1 Å². The summed E-state index contributed by atoms with van der Waals surface area (Å²) in [5, 5.41) is 19.7. The maximum Gasteiger partial charge on any atom is 0.343 e. The van der Waals surface area contributed by atoms with Crippen molar-refractivity contribution in [3.05, 3.63) is 40.5 Å². The minimum absolute atomic E-state index is 0.0870. The molecule has 0 heterocycles. The maximum atomic E-state index is 14.0. The van der Waals surface area contributed by atoms with E-state index in [0.29, 0.717) is 12.8 Å². The molecule has 1 aromatic rings. The molecular weight excluding hydrogens is 382 g/mol. The number of halogens is 4. The Hall–Kier alpha value is -2.42. The SMILES string of the molecule is CCOC(=O)C(C=NC1(C(C)CO)CCC1)=C(O)c1cc(F)c(F)c(F)c1F. The van der Waals surface area contributed by atoms with Crippen molar-refractivity contribution in [2.45, 2.75) is 38.6 Å². The number of benzene rings is 1. The second kappa shape index (κ2) is 8.72. The summed E-state index contributed by atoms with van der Waals surface area (Å²) in [6.45, 7) is 3.00. The van der Waals surface area contributed by atoms with E-state index >= 15 is 0 Å². The first kappa shape index (κ1) is 21.9. The van der Waals surface area contributed by atoms with Gasteiger partial charge in [0, 0.05) is 18.7 Å². The van der Waals surface area contributed by atoms with Crippen LogP contribution in [0.15, 0.2) is 16.6 Å². The largest absolute Gasteiger partial charge is 0.506 e. The molecule has 0 radical (unpaired) electrons. The molecule has 28 heavy (non-hydrogen) atoms. The lowest BCUT2D eigenvalue weighted by molar-refractivity contribution is -0.137. The highest BCUT2D eigenvalue weighted by Crippen LogP contribution is 2.42. The van der Waals surface area contributed by atoms with Crippen molar-refractivity contribution >= 4 is 17.9 Å². The molecule has 0 spiro atoms. The summed E-state index contributed by atoms with van der Waals surface area (Å²) in [6.07, 6.45) is 3.03. The predicted molar refractivity (Wildman–Crippen MR) is 93.8 cm³/mol. The van der Waals surface area contributed by atoms with Gasteiger partial charge < -0.3 is 14.9 Å². The zero-order valence-electron chi connectivity index (χ0n) is 15.4. The zero-order chi connectivity index (χ0) is 21.1. The number of nitrogens with zero attached hydrogens (tertiary/aromatic N) is 1. The zero-order valence-corrected chi connectivity index (χ0v) is 15.4. The van der Waals surface area contributed by atoms with Gasteiger partial charge in [0.25, 0.3) is 0 Å². The Balaban J connectivity index is 2.57. The van der Waals surface area contributed by atoms with Gasteiger partial charge in [-0.15, -0.1) is 0 Å². The van der Waals surface area contributed by atoms with Gasteiger partial charge in [0.1, 0.15) is 11.3 Å². The smallest absolute Gasteiger partial charge is 0.343 e. The minimum Gasteiger partial charge on any atom is -0.506 e. The lowest BCUT2D eigenvalue weighted by Crippen LogP contribution is -2.43. The molecule has 0 saturated heterocycles. The number of hydrogen-bond acceptors (Lipinski definition) is 5. The highest BCUT2D eigenvalue weighted by atomic mass is 19.2. The molecule has 0 aromatic heterocycles. The van der Waals surface area contributed by atoms with Crippen molar-refractivity contribution in [1.82, 2.24) is 0 Å². The van der Waals surface area contributed by atoms with E-state index < -0.39 is 51.7 Å². The molecule has 1 saturated carbocycles. The molecule has 1 fully saturated rings. The average molecular weight is 403 g/mol. The van der Waals surface area contributed by atoms with E-state index in [-0.39, 0.29) is 25.2 Å². The van der Waals surface area contributed by atoms with Crippen LogP contribution in [0.1, 0.15) is 38.7 Å². The Kier molecular flexibility index (Phi) is 6.82. The van der Waals surface area contributed by atoms with E-state index in [1.807, 2.05) is 0 Å². The molecule has 1 aliphatic rings. The van der Waals surface area contributed by atoms with Crippen LogP contribution >= 0.6 is 0 Å². The monoisotopic (exact) mass is 403 g/mol. The Bertz CT molecular complexity index is 819. The summed E-state index contributed by atoms with van der Waals surface area (Å²) in [5.41, 5.74) is -2.35. The summed E-state index contributed by atoms with van der Waals surface area (Å²) in [4.78, 5) is 16.5. The van der Waals surface area contributed by atoms with Crippen LogP contribution in [0.5, 0.6) is 0 Å². The van der Waals surface area contributed by atoms with Gasteiger partial charge in [-0.25, -0.2) is 22.4 Å². The first-order valence-corrected chi connectivity index (χ1v) is 8.78. The number of rotatable bonds is 7. The number of esters is 1.